The number of nitrogens with zero attached hydrogens (tertiary/aromatic N) is 1. The molecule has 0 aliphatic carbocycles. The first-order valence-electron chi connectivity index (χ1n) is 5.67. The van der Waals surface area contributed by atoms with Crippen molar-refractivity contribution in [3.05, 3.63) is 35.9 Å². The van der Waals surface area contributed by atoms with Gasteiger partial charge in [-0.1, -0.05) is 30.3 Å². The molecule has 1 aromatic carbocycles. The van der Waals surface area contributed by atoms with Gasteiger partial charge in [-0.3, -0.25) is 9.69 Å². The summed E-state index contributed by atoms with van der Waals surface area (Å²) in [5, 5.41) is 0. The minimum Gasteiger partial charge on any atom is -0.298 e. The predicted molar refractivity (Wildman–Crippen MR) is 58.4 cm³/mol. The van der Waals surface area contributed by atoms with E-state index in [1.807, 2.05) is 6.07 Å². The van der Waals surface area contributed by atoms with Crippen LogP contribution < -0.4 is 0 Å². The summed E-state index contributed by atoms with van der Waals surface area (Å²) < 4.78 is 0. The number of carbonyl (C=O) groups is 1. The molecule has 2 fully saturated rings. The lowest BCUT2D eigenvalue weighted by atomic mass is 10.00. The summed E-state index contributed by atoms with van der Waals surface area (Å²) in [6.45, 7) is 0.946. The lowest BCUT2D eigenvalue weighted by Gasteiger charge is -2.20. The van der Waals surface area contributed by atoms with Crippen molar-refractivity contribution >= 4 is 5.78 Å². The summed E-state index contributed by atoms with van der Waals surface area (Å²) in [6.07, 6.45) is 3.08. The van der Waals surface area contributed by atoms with Crippen LogP contribution in [-0.4, -0.2) is 22.8 Å². The van der Waals surface area contributed by atoms with Gasteiger partial charge in [-0.05, 0) is 18.4 Å². The third kappa shape index (κ3) is 1.49. The highest BCUT2D eigenvalue weighted by Gasteiger charge is 2.44. The van der Waals surface area contributed by atoms with E-state index in [1.165, 1.54) is 12.0 Å². The first-order chi connectivity index (χ1) is 7.34. The molecular formula is C13H15NO. The summed E-state index contributed by atoms with van der Waals surface area (Å²) >= 11 is 0. The first-order valence-corrected chi connectivity index (χ1v) is 5.67. The molecule has 2 heterocycles. The highest BCUT2D eigenvalue weighted by molar-refractivity contribution is 5.87. The van der Waals surface area contributed by atoms with Gasteiger partial charge in [0.05, 0.1) is 6.04 Å². The van der Waals surface area contributed by atoms with Gasteiger partial charge in [-0.2, -0.15) is 0 Å². The lowest BCUT2D eigenvalue weighted by Crippen LogP contribution is -2.29. The molecule has 1 aromatic rings. The number of Topliss-reactive ketones (excluding diaryl/α,β-unsaturated/α-hetero) is 1. The number of hydrogen-bond donors (Lipinski definition) is 0. The Hall–Kier alpha value is -1.15. The monoisotopic (exact) mass is 201 g/mol. The van der Waals surface area contributed by atoms with E-state index in [4.69, 9.17) is 0 Å². The molecule has 78 valence electrons. The van der Waals surface area contributed by atoms with E-state index in [1.54, 1.807) is 0 Å². The van der Waals surface area contributed by atoms with Crippen molar-refractivity contribution in [1.82, 2.24) is 4.90 Å². The Morgan fingerprint density at radius 3 is 2.60 bits per heavy atom. The Morgan fingerprint density at radius 2 is 2.00 bits per heavy atom. The van der Waals surface area contributed by atoms with Crippen LogP contribution in [0, 0.1) is 0 Å². The van der Waals surface area contributed by atoms with Crippen LogP contribution in [0.4, 0.5) is 0 Å². The van der Waals surface area contributed by atoms with Crippen LogP contribution in [-0.2, 0) is 11.3 Å². The van der Waals surface area contributed by atoms with Crippen molar-refractivity contribution in [3.63, 3.8) is 0 Å². The molecule has 0 radical (unpaired) electrons. The van der Waals surface area contributed by atoms with Gasteiger partial charge in [0.1, 0.15) is 0 Å². The maximum absolute atomic E-state index is 11.6. The van der Waals surface area contributed by atoms with Crippen molar-refractivity contribution in [2.45, 2.75) is 37.9 Å². The van der Waals surface area contributed by atoms with Crippen molar-refractivity contribution < 1.29 is 4.79 Å². The largest absolute Gasteiger partial charge is 0.298 e. The molecule has 2 aliphatic rings. The highest BCUT2D eigenvalue weighted by Crippen LogP contribution is 2.36. The normalized spacial score (nSPS) is 30.0. The fourth-order valence-corrected chi connectivity index (χ4v) is 2.90. The smallest absolute Gasteiger partial charge is 0.151 e. The highest BCUT2D eigenvalue weighted by atomic mass is 16.1. The van der Waals surface area contributed by atoms with Gasteiger partial charge in [0, 0.05) is 19.0 Å². The average molecular weight is 201 g/mol. The van der Waals surface area contributed by atoms with Crippen molar-refractivity contribution in [2.24, 2.45) is 0 Å². The molecule has 2 heteroatoms. The molecular weight excluding hydrogens is 186 g/mol. The van der Waals surface area contributed by atoms with Crippen molar-refractivity contribution in [3.8, 4) is 0 Å². The Kier molecular flexibility index (Phi) is 2.10. The number of hydrogen-bond acceptors (Lipinski definition) is 2. The fourth-order valence-electron chi connectivity index (χ4n) is 2.90. The van der Waals surface area contributed by atoms with E-state index in [0.29, 0.717) is 11.8 Å². The molecule has 2 unspecified atom stereocenters. The van der Waals surface area contributed by atoms with Crippen LogP contribution in [0.15, 0.2) is 30.3 Å². The number of rotatable bonds is 2. The Bertz CT molecular complexity index is 373. The topological polar surface area (TPSA) is 20.3 Å². The van der Waals surface area contributed by atoms with E-state index in [9.17, 15) is 4.79 Å². The van der Waals surface area contributed by atoms with Crippen LogP contribution in [0.25, 0.3) is 0 Å². The molecule has 3 rings (SSSR count). The van der Waals surface area contributed by atoms with E-state index in [0.717, 1.165) is 19.4 Å². The number of benzene rings is 1. The van der Waals surface area contributed by atoms with Gasteiger partial charge in [-0.15, -0.1) is 0 Å². The number of carbonyl (C=O) groups excluding carboxylic acids is 1. The fraction of sp³-hybridized carbons (Fsp3) is 0.462. The molecule has 2 bridgehead atoms. The van der Waals surface area contributed by atoms with Gasteiger partial charge in [0.15, 0.2) is 5.78 Å². The third-order valence-electron chi connectivity index (χ3n) is 3.66. The molecule has 2 saturated heterocycles. The minimum absolute atomic E-state index is 0.232. The van der Waals surface area contributed by atoms with Crippen LogP contribution in [0.2, 0.25) is 0 Å². The molecule has 0 saturated carbocycles. The summed E-state index contributed by atoms with van der Waals surface area (Å²) in [5.74, 6) is 0.460. The van der Waals surface area contributed by atoms with Gasteiger partial charge in [-0.25, -0.2) is 0 Å². The SMILES string of the molecule is O=C1CC2CCC1N2Cc1ccccc1. The third-order valence-corrected chi connectivity index (χ3v) is 3.66. The number of fused-ring (bicyclic) bond motifs is 2. The summed E-state index contributed by atoms with van der Waals surface area (Å²) in [5.41, 5.74) is 1.32. The zero-order chi connectivity index (χ0) is 10.3. The zero-order valence-electron chi connectivity index (χ0n) is 8.73. The minimum atomic E-state index is 0.232. The van der Waals surface area contributed by atoms with Crippen LogP contribution in [0.5, 0.6) is 0 Å². The summed E-state index contributed by atoms with van der Waals surface area (Å²) in [6, 6.07) is 11.2. The zero-order valence-corrected chi connectivity index (χ0v) is 8.73. The molecule has 0 N–H and O–H groups in total. The van der Waals surface area contributed by atoms with Crippen molar-refractivity contribution in [2.75, 3.05) is 0 Å². The molecule has 15 heavy (non-hydrogen) atoms. The molecule has 2 atom stereocenters. The molecule has 0 spiro atoms. The second kappa shape index (κ2) is 3.46. The van der Waals surface area contributed by atoms with Crippen LogP contribution in [0.1, 0.15) is 24.8 Å². The van der Waals surface area contributed by atoms with Crippen LogP contribution in [0.3, 0.4) is 0 Å². The van der Waals surface area contributed by atoms with Gasteiger partial charge < -0.3 is 0 Å². The van der Waals surface area contributed by atoms with Gasteiger partial charge in [0.25, 0.3) is 0 Å². The average Bonchev–Trinajstić information content (AvgIpc) is 2.76. The summed E-state index contributed by atoms with van der Waals surface area (Å²) in [7, 11) is 0. The van der Waals surface area contributed by atoms with E-state index >= 15 is 0 Å². The number of ketones is 1. The molecule has 2 aliphatic heterocycles. The maximum Gasteiger partial charge on any atom is 0.151 e. The Balaban J connectivity index is 1.77. The lowest BCUT2D eigenvalue weighted by molar-refractivity contribution is -0.120. The van der Waals surface area contributed by atoms with Gasteiger partial charge in [0.2, 0.25) is 0 Å². The Morgan fingerprint density at radius 1 is 1.20 bits per heavy atom. The second-order valence-corrected chi connectivity index (χ2v) is 4.58. The van der Waals surface area contributed by atoms with Crippen molar-refractivity contribution in [1.29, 1.82) is 0 Å². The second-order valence-electron chi connectivity index (χ2n) is 4.58. The standard InChI is InChI=1S/C13H15NO/c15-13-8-11-6-7-12(13)14(11)9-10-4-2-1-3-5-10/h1-5,11-12H,6-9H2. The van der Waals surface area contributed by atoms with E-state index in [2.05, 4.69) is 29.2 Å². The van der Waals surface area contributed by atoms with Crippen LogP contribution >= 0.6 is 0 Å². The molecule has 0 aromatic heterocycles. The Labute approximate surface area is 89.9 Å². The summed E-state index contributed by atoms with van der Waals surface area (Å²) in [4.78, 5) is 14.0. The van der Waals surface area contributed by atoms with E-state index in [-0.39, 0.29) is 6.04 Å². The molecule has 2 nitrogen and oxygen atoms in total. The van der Waals surface area contributed by atoms with Gasteiger partial charge >= 0.3 is 0 Å². The van der Waals surface area contributed by atoms with E-state index < -0.39 is 0 Å². The quantitative estimate of drug-likeness (QED) is 0.729. The molecule has 0 amide bonds. The predicted octanol–water partition coefficient (Wildman–Crippen LogP) is 1.99. The maximum atomic E-state index is 11.6. The first kappa shape index (κ1) is 9.10.